The molecule has 88 valence electrons. The van der Waals surface area contributed by atoms with Crippen molar-refractivity contribution < 1.29 is 22.0 Å². The Morgan fingerprint density at radius 3 is 1.44 bits per heavy atom. The molecule has 1 N–H and O–H groups in total. The van der Waals surface area contributed by atoms with Crippen LogP contribution in [-0.4, -0.2) is 5.28 Å². The lowest BCUT2D eigenvalue weighted by Gasteiger charge is -2.07. The van der Waals surface area contributed by atoms with Crippen LogP contribution in [0.5, 0.6) is 0 Å². The van der Waals surface area contributed by atoms with Crippen molar-refractivity contribution in [2.75, 3.05) is 0 Å². The Morgan fingerprint density at radius 2 is 1.12 bits per heavy atom. The van der Waals surface area contributed by atoms with Crippen molar-refractivity contribution in [1.82, 2.24) is 5.09 Å². The van der Waals surface area contributed by atoms with Crippen LogP contribution in [0.4, 0.5) is 22.0 Å². The van der Waals surface area contributed by atoms with Crippen molar-refractivity contribution in [3.8, 4) is 0 Å². The standard InChI is InChI=1S/C9H7F5NP/c1-9(2)15-16(9)8-6(13)4(11)3(10)5(12)7(8)14/h15H,1-2H3. The first-order valence-electron chi connectivity index (χ1n) is 4.37. The summed E-state index contributed by atoms with van der Waals surface area (Å²) in [7, 11) is -1.52. The Bertz CT molecular complexity index is 444. The number of hydrogen-bond acceptors (Lipinski definition) is 1. The second kappa shape index (κ2) is 3.37. The normalized spacial score (nSPS) is 22.3. The second-order valence-electron chi connectivity index (χ2n) is 3.92. The predicted octanol–water partition coefficient (Wildman–Crippen LogP) is 2.74. The van der Waals surface area contributed by atoms with Gasteiger partial charge in [0.05, 0.1) is 10.6 Å². The number of benzene rings is 1. The topological polar surface area (TPSA) is 21.9 Å². The lowest BCUT2D eigenvalue weighted by atomic mass is 10.3. The van der Waals surface area contributed by atoms with Gasteiger partial charge in [-0.3, -0.25) is 5.09 Å². The number of hydrogen-bond donors (Lipinski definition) is 1. The summed E-state index contributed by atoms with van der Waals surface area (Å²) in [4.78, 5) is 0. The minimum absolute atomic E-state index is 0.590. The summed E-state index contributed by atoms with van der Waals surface area (Å²) in [6, 6.07) is 0. The fourth-order valence-electron chi connectivity index (χ4n) is 1.37. The third-order valence-corrected chi connectivity index (χ3v) is 4.93. The average molecular weight is 255 g/mol. The van der Waals surface area contributed by atoms with E-state index in [1.165, 1.54) is 0 Å². The summed E-state index contributed by atoms with van der Waals surface area (Å²) in [6.45, 7) is 3.27. The molecule has 0 amide bonds. The number of nitrogens with one attached hydrogen (secondary N) is 1. The van der Waals surface area contributed by atoms with E-state index in [0.717, 1.165) is 0 Å². The van der Waals surface area contributed by atoms with Gasteiger partial charge in [-0.1, -0.05) is 0 Å². The van der Waals surface area contributed by atoms with Crippen molar-refractivity contribution in [3.05, 3.63) is 29.1 Å². The Hall–Kier alpha value is -0.740. The molecule has 1 heterocycles. The molecule has 0 radical (unpaired) electrons. The molecule has 1 aliphatic heterocycles. The molecule has 0 aromatic heterocycles. The van der Waals surface area contributed by atoms with Crippen molar-refractivity contribution in [2.45, 2.75) is 19.1 Å². The largest absolute Gasteiger partial charge is 0.280 e. The molecule has 1 unspecified atom stereocenters. The molecular weight excluding hydrogens is 248 g/mol. The number of halogens is 5. The van der Waals surface area contributed by atoms with Crippen LogP contribution in [0.1, 0.15) is 13.8 Å². The minimum atomic E-state index is -2.12. The summed E-state index contributed by atoms with van der Waals surface area (Å²) in [6.07, 6.45) is 0. The summed E-state index contributed by atoms with van der Waals surface area (Å²) < 4.78 is 65.0. The van der Waals surface area contributed by atoms with Gasteiger partial charge in [0.2, 0.25) is 5.82 Å². The molecule has 0 saturated carbocycles. The highest BCUT2D eigenvalue weighted by molar-refractivity contribution is 7.72. The molecule has 0 aliphatic carbocycles. The van der Waals surface area contributed by atoms with Gasteiger partial charge in [-0.25, -0.2) is 22.0 Å². The van der Waals surface area contributed by atoms with E-state index in [2.05, 4.69) is 5.09 Å². The van der Waals surface area contributed by atoms with Gasteiger partial charge in [-0.2, -0.15) is 0 Å². The Labute approximate surface area is 89.5 Å². The molecule has 0 bridgehead atoms. The van der Waals surface area contributed by atoms with Crippen molar-refractivity contribution in [3.63, 3.8) is 0 Å². The van der Waals surface area contributed by atoms with E-state index in [1.54, 1.807) is 13.8 Å². The molecule has 16 heavy (non-hydrogen) atoms. The van der Waals surface area contributed by atoms with Gasteiger partial charge in [-0.05, 0) is 13.8 Å². The van der Waals surface area contributed by atoms with Crippen molar-refractivity contribution in [2.24, 2.45) is 0 Å². The molecule has 7 heteroatoms. The third-order valence-electron chi connectivity index (χ3n) is 2.30. The summed E-state index contributed by atoms with van der Waals surface area (Å²) in [5.41, 5.74) is 0. The van der Waals surface area contributed by atoms with E-state index in [9.17, 15) is 22.0 Å². The molecule has 1 saturated heterocycles. The van der Waals surface area contributed by atoms with E-state index < -0.39 is 47.7 Å². The van der Waals surface area contributed by atoms with Crippen LogP contribution in [-0.2, 0) is 0 Å². The van der Waals surface area contributed by atoms with E-state index in [-0.39, 0.29) is 0 Å². The van der Waals surface area contributed by atoms with Crippen LogP contribution in [0.25, 0.3) is 0 Å². The van der Waals surface area contributed by atoms with E-state index >= 15 is 0 Å². The van der Waals surface area contributed by atoms with Gasteiger partial charge in [-0.15, -0.1) is 0 Å². The van der Waals surface area contributed by atoms with Gasteiger partial charge in [0.1, 0.15) is 0 Å². The lowest BCUT2D eigenvalue weighted by molar-refractivity contribution is 0.384. The van der Waals surface area contributed by atoms with Crippen LogP contribution in [0.3, 0.4) is 0 Å². The smallest absolute Gasteiger partial charge is 0.200 e. The molecule has 1 nitrogen and oxygen atoms in total. The van der Waals surface area contributed by atoms with Crippen LogP contribution >= 0.6 is 8.07 Å². The Kier molecular flexibility index (Phi) is 2.48. The second-order valence-corrected chi connectivity index (χ2v) is 6.38. The first-order chi connectivity index (χ1) is 7.27. The zero-order valence-corrected chi connectivity index (χ0v) is 9.23. The highest BCUT2D eigenvalue weighted by Crippen LogP contribution is 2.60. The molecule has 1 aromatic rings. The molecule has 1 aromatic carbocycles. The van der Waals surface area contributed by atoms with E-state index in [0.29, 0.717) is 0 Å². The molecule has 1 aliphatic rings. The van der Waals surface area contributed by atoms with Crippen LogP contribution < -0.4 is 10.4 Å². The first kappa shape index (κ1) is 11.7. The summed E-state index contributed by atoms with van der Waals surface area (Å²) >= 11 is 0. The van der Waals surface area contributed by atoms with Crippen LogP contribution in [0, 0.1) is 29.1 Å². The third kappa shape index (κ3) is 1.52. The maximum atomic E-state index is 13.3. The lowest BCUT2D eigenvalue weighted by Crippen LogP contribution is -2.17. The highest BCUT2D eigenvalue weighted by atomic mass is 31.1. The Morgan fingerprint density at radius 1 is 0.812 bits per heavy atom. The quantitative estimate of drug-likeness (QED) is 0.269. The molecule has 1 fully saturated rings. The Balaban J connectivity index is 2.63. The maximum absolute atomic E-state index is 13.3. The predicted molar refractivity (Wildman–Crippen MR) is 50.0 cm³/mol. The van der Waals surface area contributed by atoms with Gasteiger partial charge in [0.25, 0.3) is 0 Å². The van der Waals surface area contributed by atoms with Crippen LogP contribution in [0.15, 0.2) is 0 Å². The fourth-order valence-corrected chi connectivity index (χ4v) is 3.28. The summed E-state index contributed by atoms with van der Waals surface area (Å²) in [5, 5.41) is 1.39. The minimum Gasteiger partial charge on any atom is -0.280 e. The zero-order chi connectivity index (χ0) is 12.2. The monoisotopic (exact) mass is 255 g/mol. The molecule has 0 spiro atoms. The van der Waals surface area contributed by atoms with Crippen molar-refractivity contribution in [1.29, 1.82) is 0 Å². The van der Waals surface area contributed by atoms with Gasteiger partial charge >= 0.3 is 0 Å². The average Bonchev–Trinajstić information content (AvgIpc) is 2.82. The summed E-state index contributed by atoms with van der Waals surface area (Å²) in [5.74, 6) is -9.36. The van der Waals surface area contributed by atoms with E-state index in [4.69, 9.17) is 0 Å². The number of rotatable bonds is 1. The zero-order valence-electron chi connectivity index (χ0n) is 8.34. The highest BCUT2D eigenvalue weighted by Gasteiger charge is 2.50. The maximum Gasteiger partial charge on any atom is 0.200 e. The molecule has 1 atom stereocenters. The van der Waals surface area contributed by atoms with Crippen LogP contribution in [0.2, 0.25) is 0 Å². The van der Waals surface area contributed by atoms with Gasteiger partial charge in [0.15, 0.2) is 23.3 Å². The van der Waals surface area contributed by atoms with Crippen molar-refractivity contribution >= 4 is 13.4 Å². The SMILES string of the molecule is CC1(C)NP1c1c(F)c(F)c(F)c(F)c1F. The first-order valence-corrected chi connectivity index (χ1v) is 5.71. The van der Waals surface area contributed by atoms with Gasteiger partial charge < -0.3 is 0 Å². The molecule has 2 rings (SSSR count). The fraction of sp³-hybridized carbons (Fsp3) is 0.333. The van der Waals surface area contributed by atoms with Gasteiger partial charge in [0, 0.05) is 8.07 Å². The van der Waals surface area contributed by atoms with E-state index in [1.807, 2.05) is 0 Å². The molecular formula is C9H7F5NP.